The molecule has 31 heavy (non-hydrogen) atoms. The summed E-state index contributed by atoms with van der Waals surface area (Å²) in [5, 5.41) is 5.15. The first-order valence-electron chi connectivity index (χ1n) is 9.68. The van der Waals surface area contributed by atoms with Gasteiger partial charge in [0.25, 0.3) is 0 Å². The van der Waals surface area contributed by atoms with Crippen molar-refractivity contribution in [1.82, 2.24) is 14.4 Å². The number of methoxy groups -OCH3 is 2. The summed E-state index contributed by atoms with van der Waals surface area (Å²) in [4.78, 5) is 9.50. The lowest BCUT2D eigenvalue weighted by atomic mass is 10.1. The van der Waals surface area contributed by atoms with Crippen LogP contribution in [0.25, 0.3) is 27.8 Å². The van der Waals surface area contributed by atoms with E-state index in [-0.39, 0.29) is 0 Å². The van der Waals surface area contributed by atoms with Crippen LogP contribution in [0.3, 0.4) is 0 Å². The molecule has 0 aliphatic heterocycles. The van der Waals surface area contributed by atoms with Crippen LogP contribution in [-0.4, -0.2) is 28.6 Å². The van der Waals surface area contributed by atoms with Gasteiger partial charge in [0.1, 0.15) is 17.2 Å². The molecular formula is C24H19ClN4O2. The van der Waals surface area contributed by atoms with Crippen LogP contribution in [0.4, 0.5) is 11.5 Å². The van der Waals surface area contributed by atoms with Gasteiger partial charge in [-0.25, -0.2) is 4.98 Å². The van der Waals surface area contributed by atoms with Crippen LogP contribution in [0.2, 0.25) is 5.02 Å². The molecule has 5 aromatic rings. The Kier molecular flexibility index (Phi) is 4.84. The standard InChI is InChI=1S/C24H19ClN4O2/c1-30-19-10-9-17(13-20(19)31-2)27-24-23(28-21-11-8-16(25)14-29(21)24)18-7-3-5-15-6-4-12-26-22(15)18/h3-14,27H,1-2H3. The molecule has 7 heteroatoms. The van der Waals surface area contributed by atoms with Crippen LogP contribution >= 0.6 is 11.6 Å². The highest BCUT2D eigenvalue weighted by atomic mass is 35.5. The molecule has 0 radical (unpaired) electrons. The number of benzene rings is 2. The quantitative estimate of drug-likeness (QED) is 0.372. The smallest absolute Gasteiger partial charge is 0.162 e. The topological polar surface area (TPSA) is 60.7 Å². The summed E-state index contributed by atoms with van der Waals surface area (Å²) in [5.74, 6) is 2.07. The van der Waals surface area contributed by atoms with E-state index in [2.05, 4.69) is 10.3 Å². The zero-order valence-corrected chi connectivity index (χ0v) is 17.7. The average Bonchev–Trinajstić information content (AvgIpc) is 3.15. The minimum absolute atomic E-state index is 0.614. The summed E-state index contributed by atoms with van der Waals surface area (Å²) >= 11 is 6.31. The molecule has 0 spiro atoms. The van der Waals surface area contributed by atoms with E-state index in [1.165, 1.54) is 0 Å². The summed E-state index contributed by atoms with van der Waals surface area (Å²) in [6.07, 6.45) is 3.63. The lowest BCUT2D eigenvalue weighted by molar-refractivity contribution is 0.355. The second-order valence-corrected chi connectivity index (χ2v) is 7.40. The van der Waals surface area contributed by atoms with Gasteiger partial charge in [-0.3, -0.25) is 9.38 Å². The lowest BCUT2D eigenvalue weighted by Gasteiger charge is -2.13. The first-order valence-corrected chi connectivity index (χ1v) is 10.1. The number of nitrogens with one attached hydrogen (secondary N) is 1. The van der Waals surface area contributed by atoms with Crippen molar-refractivity contribution in [2.45, 2.75) is 0 Å². The summed E-state index contributed by atoms with van der Waals surface area (Å²) < 4.78 is 12.8. The number of pyridine rings is 2. The molecule has 0 atom stereocenters. The van der Waals surface area contributed by atoms with E-state index >= 15 is 0 Å². The second-order valence-electron chi connectivity index (χ2n) is 6.96. The average molecular weight is 431 g/mol. The minimum atomic E-state index is 0.614. The number of rotatable bonds is 5. The number of para-hydroxylation sites is 1. The van der Waals surface area contributed by atoms with E-state index in [1.54, 1.807) is 20.4 Å². The highest BCUT2D eigenvalue weighted by Gasteiger charge is 2.18. The largest absolute Gasteiger partial charge is 0.493 e. The Balaban J connectivity index is 1.73. The van der Waals surface area contributed by atoms with Crippen LogP contribution in [0.15, 0.2) is 73.1 Å². The zero-order valence-electron chi connectivity index (χ0n) is 17.0. The summed E-state index contributed by atoms with van der Waals surface area (Å²) in [6, 6.07) is 19.4. The molecule has 3 aromatic heterocycles. The van der Waals surface area contributed by atoms with Crippen LogP contribution in [0.5, 0.6) is 11.5 Å². The van der Waals surface area contributed by atoms with Gasteiger partial charge in [0, 0.05) is 35.1 Å². The maximum atomic E-state index is 6.31. The molecule has 0 fully saturated rings. The third-order valence-electron chi connectivity index (χ3n) is 5.12. The van der Waals surface area contributed by atoms with E-state index in [1.807, 2.05) is 71.3 Å². The number of imidazole rings is 1. The highest BCUT2D eigenvalue weighted by molar-refractivity contribution is 6.30. The van der Waals surface area contributed by atoms with Crippen molar-refractivity contribution in [2.75, 3.05) is 19.5 Å². The molecule has 0 saturated carbocycles. The fraction of sp³-hybridized carbons (Fsp3) is 0.0833. The van der Waals surface area contributed by atoms with Gasteiger partial charge in [-0.2, -0.15) is 0 Å². The number of nitrogens with zero attached hydrogens (tertiary/aromatic N) is 3. The lowest BCUT2D eigenvalue weighted by Crippen LogP contribution is -1.99. The van der Waals surface area contributed by atoms with E-state index in [4.69, 9.17) is 26.1 Å². The molecule has 1 N–H and O–H groups in total. The van der Waals surface area contributed by atoms with Crippen LogP contribution in [-0.2, 0) is 0 Å². The van der Waals surface area contributed by atoms with Gasteiger partial charge in [-0.05, 0) is 30.3 Å². The molecule has 154 valence electrons. The van der Waals surface area contributed by atoms with Crippen molar-refractivity contribution in [3.05, 3.63) is 78.1 Å². The van der Waals surface area contributed by atoms with Gasteiger partial charge in [0.2, 0.25) is 0 Å². The van der Waals surface area contributed by atoms with Crippen molar-refractivity contribution >= 4 is 39.7 Å². The Hall–Kier alpha value is -3.77. The maximum absolute atomic E-state index is 6.31. The van der Waals surface area contributed by atoms with E-state index in [0.29, 0.717) is 16.5 Å². The van der Waals surface area contributed by atoms with Gasteiger partial charge in [0.05, 0.1) is 24.8 Å². The fourth-order valence-electron chi connectivity index (χ4n) is 3.67. The van der Waals surface area contributed by atoms with Crippen molar-refractivity contribution in [3.63, 3.8) is 0 Å². The molecule has 0 aliphatic carbocycles. The van der Waals surface area contributed by atoms with Gasteiger partial charge < -0.3 is 14.8 Å². The summed E-state index contributed by atoms with van der Waals surface area (Å²) in [7, 11) is 3.23. The molecule has 5 rings (SSSR count). The Morgan fingerprint density at radius 1 is 0.935 bits per heavy atom. The number of aromatic nitrogens is 3. The summed E-state index contributed by atoms with van der Waals surface area (Å²) in [6.45, 7) is 0. The molecule has 6 nitrogen and oxygen atoms in total. The number of hydrogen-bond acceptors (Lipinski definition) is 5. The van der Waals surface area contributed by atoms with Crippen LogP contribution in [0, 0.1) is 0 Å². The monoisotopic (exact) mass is 430 g/mol. The van der Waals surface area contributed by atoms with E-state index in [9.17, 15) is 0 Å². The second kappa shape index (κ2) is 7.81. The third-order valence-corrected chi connectivity index (χ3v) is 5.34. The normalized spacial score (nSPS) is 11.1. The van der Waals surface area contributed by atoms with Gasteiger partial charge in [0.15, 0.2) is 11.5 Å². The van der Waals surface area contributed by atoms with Crippen LogP contribution < -0.4 is 14.8 Å². The van der Waals surface area contributed by atoms with E-state index in [0.717, 1.165) is 39.3 Å². The Morgan fingerprint density at radius 3 is 2.61 bits per heavy atom. The van der Waals surface area contributed by atoms with Gasteiger partial charge >= 0.3 is 0 Å². The van der Waals surface area contributed by atoms with Gasteiger partial charge in [-0.15, -0.1) is 0 Å². The Labute approximate surface area is 184 Å². The molecule has 2 aromatic carbocycles. The van der Waals surface area contributed by atoms with Gasteiger partial charge in [-0.1, -0.05) is 35.9 Å². The molecule has 0 bridgehead atoms. The Morgan fingerprint density at radius 2 is 1.77 bits per heavy atom. The fourth-order valence-corrected chi connectivity index (χ4v) is 3.83. The SMILES string of the molecule is COc1ccc(Nc2c(-c3cccc4cccnc34)nc3ccc(Cl)cn23)cc1OC. The maximum Gasteiger partial charge on any atom is 0.162 e. The Bertz CT molecular complexity index is 1410. The number of halogens is 1. The van der Waals surface area contributed by atoms with Crippen molar-refractivity contribution in [1.29, 1.82) is 0 Å². The van der Waals surface area contributed by atoms with E-state index < -0.39 is 0 Å². The minimum Gasteiger partial charge on any atom is -0.493 e. The summed E-state index contributed by atoms with van der Waals surface area (Å²) in [5.41, 5.74) is 4.20. The predicted molar refractivity (Wildman–Crippen MR) is 124 cm³/mol. The first-order chi connectivity index (χ1) is 15.2. The molecule has 0 aliphatic rings. The number of ether oxygens (including phenoxy) is 2. The molecule has 0 unspecified atom stereocenters. The van der Waals surface area contributed by atoms with Crippen molar-refractivity contribution in [3.8, 4) is 22.8 Å². The van der Waals surface area contributed by atoms with Crippen molar-refractivity contribution in [2.24, 2.45) is 0 Å². The molecular weight excluding hydrogens is 412 g/mol. The van der Waals surface area contributed by atoms with Crippen LogP contribution in [0.1, 0.15) is 0 Å². The number of fused-ring (bicyclic) bond motifs is 2. The molecule has 0 amide bonds. The molecule has 3 heterocycles. The third kappa shape index (κ3) is 3.41. The number of anilines is 2. The molecule has 0 saturated heterocycles. The first kappa shape index (κ1) is 19.2. The predicted octanol–water partition coefficient (Wildman–Crippen LogP) is 5.96. The van der Waals surface area contributed by atoms with Crippen molar-refractivity contribution < 1.29 is 9.47 Å². The zero-order chi connectivity index (χ0) is 21.4. The highest BCUT2D eigenvalue weighted by Crippen LogP contribution is 2.37. The number of hydrogen-bond donors (Lipinski definition) is 1.